The van der Waals surface area contributed by atoms with Crippen molar-refractivity contribution in [2.24, 2.45) is 5.92 Å². The highest BCUT2D eigenvalue weighted by Crippen LogP contribution is 2.31. The van der Waals surface area contributed by atoms with E-state index in [2.05, 4.69) is 13.8 Å². The van der Waals surface area contributed by atoms with Gasteiger partial charge in [-0.05, 0) is 48.4 Å². The minimum absolute atomic E-state index is 0.0403. The molecule has 2 aromatic rings. The van der Waals surface area contributed by atoms with Crippen molar-refractivity contribution in [3.05, 3.63) is 63.7 Å². The molecule has 0 N–H and O–H groups in total. The molecule has 0 atom stereocenters. The lowest BCUT2D eigenvalue weighted by molar-refractivity contribution is -0.387. The van der Waals surface area contributed by atoms with Gasteiger partial charge in [-0.25, -0.2) is 0 Å². The summed E-state index contributed by atoms with van der Waals surface area (Å²) in [7, 11) is 1.55. The van der Waals surface area contributed by atoms with Crippen LogP contribution in [0.1, 0.15) is 41.0 Å². The molecule has 1 saturated heterocycles. The van der Waals surface area contributed by atoms with Crippen molar-refractivity contribution < 1.29 is 19.2 Å². The molecule has 0 aliphatic carbocycles. The highest BCUT2D eigenvalue weighted by atomic mass is 32.2. The van der Waals surface area contributed by atoms with Crippen LogP contribution in [0, 0.1) is 16.0 Å². The summed E-state index contributed by atoms with van der Waals surface area (Å²) in [5, 5.41) is 11.6. The Morgan fingerprint density at radius 2 is 1.64 bits per heavy atom. The topological polar surface area (TPSA) is 93.0 Å². The molecule has 0 spiro atoms. The smallest absolute Gasteiger partial charge is 0.283 e. The third-order valence-electron chi connectivity index (χ3n) is 5.53. The Kier molecular flexibility index (Phi) is 8.32. The van der Waals surface area contributed by atoms with E-state index in [1.807, 2.05) is 0 Å². The number of piperazine rings is 1. The SMILES string of the molecule is COc1cccc(C(=O)N2CCN(C(=O)c3ccc(SCCC(C)C)c([N+](=O)[O-])c3)CC2)c1. The van der Waals surface area contributed by atoms with Crippen molar-refractivity contribution in [1.29, 1.82) is 0 Å². The highest BCUT2D eigenvalue weighted by Gasteiger charge is 2.27. The summed E-state index contributed by atoms with van der Waals surface area (Å²) in [5.41, 5.74) is 0.791. The van der Waals surface area contributed by atoms with Gasteiger partial charge in [0.1, 0.15) is 5.75 Å². The summed E-state index contributed by atoms with van der Waals surface area (Å²) in [5.74, 6) is 1.55. The van der Waals surface area contributed by atoms with E-state index in [0.29, 0.717) is 53.9 Å². The molecule has 0 saturated carbocycles. The van der Waals surface area contributed by atoms with Crippen LogP contribution >= 0.6 is 11.8 Å². The summed E-state index contributed by atoms with van der Waals surface area (Å²) in [6.07, 6.45) is 0.960. The van der Waals surface area contributed by atoms with Gasteiger partial charge in [0.15, 0.2) is 0 Å². The molecule has 1 heterocycles. The highest BCUT2D eigenvalue weighted by molar-refractivity contribution is 7.99. The largest absolute Gasteiger partial charge is 0.497 e. The fourth-order valence-corrected chi connectivity index (χ4v) is 4.81. The molecule has 9 heteroatoms. The number of amides is 2. The van der Waals surface area contributed by atoms with Gasteiger partial charge >= 0.3 is 0 Å². The number of thioether (sulfide) groups is 1. The third-order valence-corrected chi connectivity index (χ3v) is 6.62. The first-order valence-electron chi connectivity index (χ1n) is 10.9. The van der Waals surface area contributed by atoms with Crippen molar-refractivity contribution in [1.82, 2.24) is 9.80 Å². The molecular weight excluding hydrogens is 442 g/mol. The maximum Gasteiger partial charge on any atom is 0.283 e. The zero-order chi connectivity index (χ0) is 24.0. The normalized spacial score (nSPS) is 13.8. The quantitative estimate of drug-likeness (QED) is 0.323. The van der Waals surface area contributed by atoms with Crippen LogP contribution in [-0.4, -0.2) is 65.6 Å². The van der Waals surface area contributed by atoms with Crippen LogP contribution in [-0.2, 0) is 0 Å². The van der Waals surface area contributed by atoms with Gasteiger partial charge in [-0.15, -0.1) is 11.8 Å². The molecule has 0 bridgehead atoms. The number of rotatable bonds is 8. The number of methoxy groups -OCH3 is 1. The predicted molar refractivity (Wildman–Crippen MR) is 128 cm³/mol. The lowest BCUT2D eigenvalue weighted by Crippen LogP contribution is -2.50. The molecule has 0 radical (unpaired) electrons. The number of hydrogen-bond acceptors (Lipinski definition) is 6. The van der Waals surface area contributed by atoms with E-state index in [9.17, 15) is 19.7 Å². The molecule has 1 aliphatic heterocycles. The number of carbonyl (C=O) groups excluding carboxylic acids is 2. The molecule has 33 heavy (non-hydrogen) atoms. The maximum absolute atomic E-state index is 13.0. The van der Waals surface area contributed by atoms with Gasteiger partial charge in [0, 0.05) is 43.4 Å². The Bertz CT molecular complexity index is 1020. The Morgan fingerprint density at radius 1 is 1.03 bits per heavy atom. The van der Waals surface area contributed by atoms with E-state index in [-0.39, 0.29) is 17.5 Å². The molecule has 2 aromatic carbocycles. The lowest BCUT2D eigenvalue weighted by atomic mass is 10.1. The van der Waals surface area contributed by atoms with Gasteiger partial charge < -0.3 is 14.5 Å². The van der Waals surface area contributed by atoms with Gasteiger partial charge in [-0.2, -0.15) is 0 Å². The van der Waals surface area contributed by atoms with E-state index in [1.54, 1.807) is 53.3 Å². The molecular formula is C24H29N3O5S. The average molecular weight is 472 g/mol. The molecule has 0 unspecified atom stereocenters. The van der Waals surface area contributed by atoms with Crippen LogP contribution in [0.4, 0.5) is 5.69 Å². The van der Waals surface area contributed by atoms with Crippen molar-refractivity contribution in [2.75, 3.05) is 39.0 Å². The van der Waals surface area contributed by atoms with Gasteiger partial charge in [0.05, 0.1) is 16.9 Å². The summed E-state index contributed by atoms with van der Waals surface area (Å²) in [6.45, 7) is 5.75. The third kappa shape index (κ3) is 6.25. The number of nitro groups is 1. The molecule has 176 valence electrons. The number of benzene rings is 2. The summed E-state index contributed by atoms with van der Waals surface area (Å²) < 4.78 is 5.18. The number of ether oxygens (including phenoxy) is 1. The predicted octanol–water partition coefficient (Wildman–Crippen LogP) is 4.34. The van der Waals surface area contributed by atoms with Gasteiger partial charge in [-0.3, -0.25) is 19.7 Å². The van der Waals surface area contributed by atoms with E-state index >= 15 is 0 Å². The Balaban J connectivity index is 1.64. The number of nitrogens with zero attached hydrogens (tertiary/aromatic N) is 3. The Morgan fingerprint density at radius 3 is 2.18 bits per heavy atom. The van der Waals surface area contributed by atoms with E-state index in [0.717, 1.165) is 12.2 Å². The Labute approximate surface area is 198 Å². The average Bonchev–Trinajstić information content (AvgIpc) is 2.83. The van der Waals surface area contributed by atoms with Crippen LogP contribution in [0.2, 0.25) is 0 Å². The number of carbonyl (C=O) groups is 2. The Hall–Kier alpha value is -3.07. The van der Waals surface area contributed by atoms with E-state index in [4.69, 9.17) is 4.74 Å². The van der Waals surface area contributed by atoms with Crippen LogP contribution in [0.15, 0.2) is 47.4 Å². The van der Waals surface area contributed by atoms with Crippen LogP contribution in [0.25, 0.3) is 0 Å². The minimum Gasteiger partial charge on any atom is -0.497 e. The second-order valence-electron chi connectivity index (χ2n) is 8.29. The van der Waals surface area contributed by atoms with Crippen LogP contribution in [0.5, 0.6) is 5.75 Å². The van der Waals surface area contributed by atoms with Crippen LogP contribution in [0.3, 0.4) is 0 Å². The van der Waals surface area contributed by atoms with E-state index < -0.39 is 4.92 Å². The summed E-state index contributed by atoms with van der Waals surface area (Å²) in [6, 6.07) is 11.7. The van der Waals surface area contributed by atoms with Crippen molar-refractivity contribution >= 4 is 29.3 Å². The number of hydrogen-bond donors (Lipinski definition) is 0. The monoisotopic (exact) mass is 471 g/mol. The first kappa shape index (κ1) is 24.6. The number of nitro benzene ring substituents is 1. The van der Waals surface area contributed by atoms with Gasteiger partial charge in [0.2, 0.25) is 0 Å². The van der Waals surface area contributed by atoms with Gasteiger partial charge in [0.25, 0.3) is 17.5 Å². The minimum atomic E-state index is -0.431. The molecule has 1 fully saturated rings. The fraction of sp³-hybridized carbons (Fsp3) is 0.417. The lowest BCUT2D eigenvalue weighted by Gasteiger charge is -2.35. The zero-order valence-electron chi connectivity index (χ0n) is 19.2. The molecule has 2 amide bonds. The maximum atomic E-state index is 13.0. The second kappa shape index (κ2) is 11.2. The van der Waals surface area contributed by atoms with Crippen molar-refractivity contribution in [3.63, 3.8) is 0 Å². The molecule has 3 rings (SSSR count). The first-order valence-corrected chi connectivity index (χ1v) is 11.9. The molecule has 0 aromatic heterocycles. The summed E-state index contributed by atoms with van der Waals surface area (Å²) in [4.78, 5) is 40.9. The van der Waals surface area contributed by atoms with E-state index in [1.165, 1.54) is 17.8 Å². The first-order chi connectivity index (χ1) is 15.8. The zero-order valence-corrected chi connectivity index (χ0v) is 20.0. The summed E-state index contributed by atoms with van der Waals surface area (Å²) >= 11 is 1.44. The van der Waals surface area contributed by atoms with Gasteiger partial charge in [-0.1, -0.05) is 19.9 Å². The molecule has 8 nitrogen and oxygen atoms in total. The van der Waals surface area contributed by atoms with Crippen LogP contribution < -0.4 is 4.74 Å². The standard InChI is InChI=1S/C24H29N3O5S/c1-17(2)9-14-33-22-8-7-19(16-21(22)27(30)31)24(29)26-12-10-25(11-13-26)23(28)18-5-4-6-20(15-18)32-3/h4-8,15-17H,9-14H2,1-3H3. The van der Waals surface area contributed by atoms with Crippen molar-refractivity contribution in [2.45, 2.75) is 25.2 Å². The second-order valence-corrected chi connectivity index (χ2v) is 9.42. The molecule has 1 aliphatic rings. The fourth-order valence-electron chi connectivity index (χ4n) is 3.55. The van der Waals surface area contributed by atoms with Crippen molar-refractivity contribution in [3.8, 4) is 5.75 Å².